The second-order valence-electron chi connectivity index (χ2n) is 9.01. The van der Waals surface area contributed by atoms with Gasteiger partial charge < -0.3 is 25.0 Å². The number of hydrogen-bond acceptors (Lipinski definition) is 5. The Morgan fingerprint density at radius 1 is 0.514 bits per heavy atom. The standard InChI is InChI=1S/C30H31NO4/c1-17-7-13-26(33)21(5)29(17)31(30-18(2)8-14-27(34)22(30)6)23-9-11-24(12-10-23)35-28-16-15-25(32)19(3)20(28)4/h7-16,32-34H,1-6H3. The number of anilines is 3. The van der Waals surface area contributed by atoms with Crippen LogP contribution in [0.5, 0.6) is 28.7 Å². The summed E-state index contributed by atoms with van der Waals surface area (Å²) < 4.78 is 6.11. The smallest absolute Gasteiger partial charge is 0.130 e. The molecule has 0 aliphatic carbocycles. The van der Waals surface area contributed by atoms with Gasteiger partial charge >= 0.3 is 0 Å². The van der Waals surface area contributed by atoms with Crippen molar-refractivity contribution in [3.05, 3.63) is 94.0 Å². The van der Waals surface area contributed by atoms with Crippen molar-refractivity contribution >= 4 is 17.1 Å². The fraction of sp³-hybridized carbons (Fsp3) is 0.200. The Hall–Kier alpha value is -4.12. The topological polar surface area (TPSA) is 73.2 Å². The second kappa shape index (κ2) is 9.26. The van der Waals surface area contributed by atoms with Gasteiger partial charge in [-0.05, 0) is 112 Å². The van der Waals surface area contributed by atoms with Crippen LogP contribution in [0.4, 0.5) is 17.1 Å². The van der Waals surface area contributed by atoms with E-state index < -0.39 is 0 Å². The summed E-state index contributed by atoms with van der Waals surface area (Å²) in [6.07, 6.45) is 0. The predicted octanol–water partition coefficient (Wildman–Crippen LogP) is 7.92. The summed E-state index contributed by atoms with van der Waals surface area (Å²) in [6, 6.07) is 18.3. The zero-order chi connectivity index (χ0) is 25.4. The minimum Gasteiger partial charge on any atom is -0.508 e. The molecule has 5 heteroatoms. The van der Waals surface area contributed by atoms with E-state index in [1.165, 1.54) is 0 Å². The van der Waals surface area contributed by atoms with E-state index >= 15 is 0 Å². The average molecular weight is 470 g/mol. The third-order valence-electron chi connectivity index (χ3n) is 6.69. The molecule has 0 amide bonds. The van der Waals surface area contributed by atoms with E-state index in [1.807, 2.05) is 77.9 Å². The van der Waals surface area contributed by atoms with Gasteiger partial charge in [-0.25, -0.2) is 0 Å². The van der Waals surface area contributed by atoms with E-state index in [1.54, 1.807) is 24.3 Å². The van der Waals surface area contributed by atoms with Gasteiger partial charge in [0, 0.05) is 16.8 Å². The molecule has 0 radical (unpaired) electrons. The van der Waals surface area contributed by atoms with Crippen LogP contribution in [0.2, 0.25) is 0 Å². The molecule has 4 aromatic rings. The summed E-state index contributed by atoms with van der Waals surface area (Å²) in [6.45, 7) is 11.6. The van der Waals surface area contributed by atoms with Crippen molar-refractivity contribution in [1.82, 2.24) is 0 Å². The Labute approximate surface area is 206 Å². The number of phenols is 3. The molecule has 0 saturated carbocycles. The molecule has 0 bridgehead atoms. The first kappa shape index (κ1) is 24.0. The van der Waals surface area contributed by atoms with Crippen LogP contribution in [-0.2, 0) is 0 Å². The Morgan fingerprint density at radius 2 is 0.971 bits per heavy atom. The molecule has 35 heavy (non-hydrogen) atoms. The van der Waals surface area contributed by atoms with Crippen LogP contribution in [0.25, 0.3) is 0 Å². The van der Waals surface area contributed by atoms with Crippen LogP contribution < -0.4 is 9.64 Å². The molecule has 0 spiro atoms. The maximum atomic E-state index is 10.5. The summed E-state index contributed by atoms with van der Waals surface area (Å²) in [5.74, 6) is 2.02. The summed E-state index contributed by atoms with van der Waals surface area (Å²) >= 11 is 0. The van der Waals surface area contributed by atoms with Gasteiger partial charge in [0.1, 0.15) is 28.7 Å². The molecule has 0 fully saturated rings. The number of aryl methyl sites for hydroxylation is 2. The zero-order valence-electron chi connectivity index (χ0n) is 21.0. The maximum absolute atomic E-state index is 10.5. The van der Waals surface area contributed by atoms with Crippen LogP contribution in [0.15, 0.2) is 60.7 Å². The summed E-state index contributed by atoms with van der Waals surface area (Å²) in [7, 11) is 0. The van der Waals surface area contributed by atoms with Crippen LogP contribution in [-0.4, -0.2) is 15.3 Å². The summed E-state index contributed by atoms with van der Waals surface area (Å²) in [4.78, 5) is 2.08. The molecular weight excluding hydrogens is 438 g/mol. The minimum atomic E-state index is 0.212. The van der Waals surface area contributed by atoms with Gasteiger partial charge in [-0.3, -0.25) is 0 Å². The van der Waals surface area contributed by atoms with Gasteiger partial charge in [0.25, 0.3) is 0 Å². The number of benzene rings is 4. The predicted molar refractivity (Wildman–Crippen MR) is 141 cm³/mol. The van der Waals surface area contributed by atoms with Crippen molar-refractivity contribution in [3.63, 3.8) is 0 Å². The monoisotopic (exact) mass is 469 g/mol. The number of phenolic OH excluding ortho intramolecular Hbond substituents is 3. The Kier molecular flexibility index (Phi) is 6.35. The number of hydrogen-bond donors (Lipinski definition) is 3. The highest BCUT2D eigenvalue weighted by atomic mass is 16.5. The molecule has 4 rings (SSSR count). The van der Waals surface area contributed by atoms with Gasteiger partial charge in [0.05, 0.1) is 11.4 Å². The number of aromatic hydroxyl groups is 3. The fourth-order valence-electron chi connectivity index (χ4n) is 4.39. The van der Waals surface area contributed by atoms with Gasteiger partial charge in [-0.15, -0.1) is 0 Å². The van der Waals surface area contributed by atoms with Crippen LogP contribution in [0, 0.1) is 41.5 Å². The molecule has 0 unspecified atom stereocenters. The van der Waals surface area contributed by atoms with Crippen molar-refractivity contribution in [3.8, 4) is 28.7 Å². The van der Waals surface area contributed by atoms with Gasteiger partial charge in [-0.1, -0.05) is 12.1 Å². The number of rotatable bonds is 5. The average Bonchev–Trinajstić information content (AvgIpc) is 2.84. The lowest BCUT2D eigenvalue weighted by atomic mass is 10.0. The SMILES string of the molecule is Cc1ccc(O)c(C)c1N(c1ccc(Oc2ccc(O)c(C)c2C)cc1)c1c(C)ccc(O)c1C. The molecular formula is C30H31NO4. The van der Waals surface area contributed by atoms with Crippen molar-refractivity contribution < 1.29 is 20.1 Å². The summed E-state index contributed by atoms with van der Waals surface area (Å²) in [5.41, 5.74) is 7.76. The van der Waals surface area contributed by atoms with Crippen molar-refractivity contribution in [1.29, 1.82) is 0 Å². The van der Waals surface area contributed by atoms with E-state index in [0.717, 1.165) is 50.4 Å². The highest BCUT2D eigenvalue weighted by Crippen LogP contribution is 2.45. The molecule has 5 nitrogen and oxygen atoms in total. The van der Waals surface area contributed by atoms with E-state index in [4.69, 9.17) is 4.74 Å². The fourth-order valence-corrected chi connectivity index (χ4v) is 4.39. The largest absolute Gasteiger partial charge is 0.508 e. The molecule has 180 valence electrons. The van der Waals surface area contributed by atoms with Gasteiger partial charge in [0.2, 0.25) is 0 Å². The molecule has 0 aromatic heterocycles. The third-order valence-corrected chi connectivity index (χ3v) is 6.69. The lowest BCUT2D eigenvalue weighted by molar-refractivity contribution is 0.457. The van der Waals surface area contributed by atoms with Crippen molar-refractivity contribution in [2.75, 3.05) is 4.90 Å². The molecule has 0 aliphatic rings. The van der Waals surface area contributed by atoms with Crippen molar-refractivity contribution in [2.45, 2.75) is 41.5 Å². The highest BCUT2D eigenvalue weighted by Gasteiger charge is 2.23. The molecule has 0 heterocycles. The number of nitrogens with zero attached hydrogens (tertiary/aromatic N) is 1. The van der Waals surface area contributed by atoms with E-state index in [0.29, 0.717) is 11.5 Å². The van der Waals surface area contributed by atoms with Crippen LogP contribution in [0.3, 0.4) is 0 Å². The highest BCUT2D eigenvalue weighted by molar-refractivity contribution is 5.85. The Morgan fingerprint density at radius 3 is 1.49 bits per heavy atom. The molecule has 3 N–H and O–H groups in total. The normalized spacial score (nSPS) is 10.9. The zero-order valence-corrected chi connectivity index (χ0v) is 21.0. The molecule has 4 aromatic carbocycles. The van der Waals surface area contributed by atoms with Gasteiger partial charge in [0.15, 0.2) is 0 Å². The first-order valence-electron chi connectivity index (χ1n) is 11.6. The van der Waals surface area contributed by atoms with E-state index in [-0.39, 0.29) is 17.2 Å². The van der Waals surface area contributed by atoms with E-state index in [2.05, 4.69) is 4.90 Å². The summed E-state index contributed by atoms with van der Waals surface area (Å²) in [5, 5.41) is 31.0. The quantitative estimate of drug-likeness (QED) is 0.277. The Balaban J connectivity index is 1.84. The molecule has 0 saturated heterocycles. The van der Waals surface area contributed by atoms with E-state index in [9.17, 15) is 15.3 Å². The van der Waals surface area contributed by atoms with Gasteiger partial charge in [-0.2, -0.15) is 0 Å². The maximum Gasteiger partial charge on any atom is 0.130 e. The first-order chi connectivity index (χ1) is 16.6. The molecule has 0 atom stereocenters. The van der Waals surface area contributed by atoms with Crippen molar-refractivity contribution in [2.24, 2.45) is 0 Å². The lowest BCUT2D eigenvalue weighted by Crippen LogP contribution is -2.15. The first-order valence-corrected chi connectivity index (χ1v) is 11.6. The third kappa shape index (κ3) is 4.37. The molecule has 0 aliphatic heterocycles. The van der Waals surface area contributed by atoms with Crippen LogP contribution in [0.1, 0.15) is 33.4 Å². The minimum absolute atomic E-state index is 0.212. The Bertz CT molecular complexity index is 1350. The number of ether oxygens (including phenoxy) is 1. The van der Waals surface area contributed by atoms with Crippen LogP contribution >= 0.6 is 0 Å². The lowest BCUT2D eigenvalue weighted by Gasteiger charge is -2.31. The second-order valence-corrected chi connectivity index (χ2v) is 9.01.